The van der Waals surface area contributed by atoms with Crippen molar-refractivity contribution in [3.63, 3.8) is 0 Å². The van der Waals surface area contributed by atoms with Crippen LogP contribution in [0.1, 0.15) is 60.5 Å². The number of carboxylic acids is 1. The van der Waals surface area contributed by atoms with E-state index in [9.17, 15) is 23.1 Å². The zero-order valence-corrected chi connectivity index (χ0v) is 25.6. The van der Waals surface area contributed by atoms with Gasteiger partial charge in [-0.25, -0.2) is 4.98 Å². The standard InChI is InChI=1S/C35H37F3N4O2/c1-21-27(18-31(43)44)33(41-15-12-34(3,4)13-16-41)32(22(2)39-21)24-9-10-25-20-42(14-11-23(25)17-24)29-19-30(35(36,37)38)40-28-8-6-5-7-26(28)29/h5-10,17,19H,11-16,18,20H2,1-4H3,(H,43,44). The lowest BCUT2D eigenvalue weighted by Crippen LogP contribution is -2.38. The summed E-state index contributed by atoms with van der Waals surface area (Å²) in [4.78, 5) is 25.0. The highest BCUT2D eigenvalue weighted by molar-refractivity contribution is 5.92. The van der Waals surface area contributed by atoms with Gasteiger partial charge in [0.05, 0.1) is 17.6 Å². The van der Waals surface area contributed by atoms with E-state index in [1.165, 1.54) is 6.07 Å². The number of benzene rings is 2. The molecule has 230 valence electrons. The summed E-state index contributed by atoms with van der Waals surface area (Å²) in [7, 11) is 0. The highest BCUT2D eigenvalue weighted by Crippen LogP contribution is 2.43. The molecule has 6 nitrogen and oxygen atoms in total. The van der Waals surface area contributed by atoms with Crippen molar-refractivity contribution in [2.45, 2.75) is 66.1 Å². The number of halogens is 3. The molecule has 1 saturated heterocycles. The molecule has 6 rings (SSSR count). The summed E-state index contributed by atoms with van der Waals surface area (Å²) in [5.41, 5.74) is 7.67. The molecule has 0 amide bonds. The summed E-state index contributed by atoms with van der Waals surface area (Å²) in [6.45, 7) is 11.1. The molecule has 4 aromatic rings. The van der Waals surface area contributed by atoms with E-state index in [-0.39, 0.29) is 11.8 Å². The molecule has 0 radical (unpaired) electrons. The van der Waals surface area contributed by atoms with Crippen molar-refractivity contribution in [3.8, 4) is 11.1 Å². The van der Waals surface area contributed by atoms with Crippen LogP contribution < -0.4 is 9.80 Å². The lowest BCUT2D eigenvalue weighted by atomic mass is 9.82. The molecule has 2 aromatic heterocycles. The predicted octanol–water partition coefficient (Wildman–Crippen LogP) is 7.75. The lowest BCUT2D eigenvalue weighted by molar-refractivity contribution is -0.141. The number of fused-ring (bicyclic) bond motifs is 2. The molecule has 1 fully saturated rings. The van der Waals surface area contributed by atoms with Crippen LogP contribution in [0.2, 0.25) is 0 Å². The number of hydrogen-bond donors (Lipinski definition) is 1. The Bertz CT molecular complexity index is 1760. The monoisotopic (exact) mass is 602 g/mol. The van der Waals surface area contributed by atoms with Crippen LogP contribution >= 0.6 is 0 Å². The number of para-hydroxylation sites is 1. The number of anilines is 2. The van der Waals surface area contributed by atoms with Crippen molar-refractivity contribution < 1.29 is 23.1 Å². The third-order valence-electron chi connectivity index (χ3n) is 9.25. The first-order chi connectivity index (χ1) is 20.8. The molecular weight excluding hydrogens is 565 g/mol. The number of alkyl halides is 3. The molecule has 2 aromatic carbocycles. The Balaban J connectivity index is 1.40. The largest absolute Gasteiger partial charge is 0.481 e. The summed E-state index contributed by atoms with van der Waals surface area (Å²) >= 11 is 0. The zero-order valence-electron chi connectivity index (χ0n) is 25.6. The SMILES string of the molecule is Cc1nc(C)c(-c2ccc3c(c2)CCN(c2cc(C(F)(F)F)nc4ccccc24)C3)c(N2CCC(C)(C)CC2)c1CC(=O)O. The Morgan fingerprint density at radius 2 is 1.66 bits per heavy atom. The van der Waals surface area contributed by atoms with Gasteiger partial charge in [-0.3, -0.25) is 9.78 Å². The number of nitrogens with zero attached hydrogens (tertiary/aromatic N) is 4. The van der Waals surface area contributed by atoms with Crippen LogP contribution in [0.5, 0.6) is 0 Å². The fraction of sp³-hybridized carbons (Fsp3) is 0.400. The van der Waals surface area contributed by atoms with Gasteiger partial charge in [-0.1, -0.05) is 50.2 Å². The third kappa shape index (κ3) is 5.72. The highest BCUT2D eigenvalue weighted by atomic mass is 19.4. The minimum absolute atomic E-state index is 0.0962. The maximum absolute atomic E-state index is 13.7. The van der Waals surface area contributed by atoms with E-state index in [1.807, 2.05) is 30.9 Å². The zero-order chi connectivity index (χ0) is 31.4. The van der Waals surface area contributed by atoms with E-state index in [2.05, 4.69) is 41.9 Å². The van der Waals surface area contributed by atoms with Gasteiger partial charge in [0, 0.05) is 59.8 Å². The average Bonchev–Trinajstić information content (AvgIpc) is 2.97. The number of carboxylic acid groups (broad SMARTS) is 1. The molecule has 1 N–H and O–H groups in total. The van der Waals surface area contributed by atoms with E-state index in [0.717, 1.165) is 70.8 Å². The first-order valence-electron chi connectivity index (χ1n) is 15.1. The number of piperidine rings is 1. The van der Waals surface area contributed by atoms with Crippen LogP contribution in [-0.2, 0) is 30.4 Å². The van der Waals surface area contributed by atoms with E-state index in [4.69, 9.17) is 4.98 Å². The number of carbonyl (C=O) groups is 1. The van der Waals surface area contributed by atoms with E-state index >= 15 is 0 Å². The molecule has 44 heavy (non-hydrogen) atoms. The van der Waals surface area contributed by atoms with Crippen molar-refractivity contribution in [3.05, 3.63) is 82.3 Å². The van der Waals surface area contributed by atoms with Gasteiger partial charge in [-0.05, 0) is 67.3 Å². The second kappa shape index (κ2) is 11.1. The minimum atomic E-state index is -4.54. The van der Waals surface area contributed by atoms with E-state index in [0.29, 0.717) is 36.1 Å². The van der Waals surface area contributed by atoms with Gasteiger partial charge < -0.3 is 14.9 Å². The summed E-state index contributed by atoms with van der Waals surface area (Å²) in [6, 6.07) is 14.4. The molecule has 0 unspecified atom stereocenters. The average molecular weight is 603 g/mol. The number of pyridine rings is 2. The molecule has 2 aliphatic rings. The number of rotatable bonds is 5. The predicted molar refractivity (Wildman–Crippen MR) is 167 cm³/mol. The third-order valence-corrected chi connectivity index (χ3v) is 9.25. The smallest absolute Gasteiger partial charge is 0.433 e. The van der Waals surface area contributed by atoms with Gasteiger partial charge in [0.25, 0.3) is 0 Å². The van der Waals surface area contributed by atoms with Gasteiger partial charge in [-0.15, -0.1) is 0 Å². The number of hydrogen-bond acceptors (Lipinski definition) is 5. The summed E-state index contributed by atoms with van der Waals surface area (Å²) in [5.74, 6) is -0.883. The van der Waals surface area contributed by atoms with Crippen LogP contribution in [0, 0.1) is 19.3 Å². The maximum Gasteiger partial charge on any atom is 0.433 e. The molecule has 9 heteroatoms. The van der Waals surface area contributed by atoms with Crippen molar-refractivity contribution in [1.82, 2.24) is 9.97 Å². The summed E-state index contributed by atoms with van der Waals surface area (Å²) < 4.78 is 41.2. The van der Waals surface area contributed by atoms with Crippen LogP contribution in [0.3, 0.4) is 0 Å². The first-order valence-corrected chi connectivity index (χ1v) is 15.1. The fourth-order valence-corrected chi connectivity index (χ4v) is 6.74. The number of aliphatic carboxylic acids is 1. The lowest BCUT2D eigenvalue weighted by Gasteiger charge is -2.40. The molecular formula is C35H37F3N4O2. The van der Waals surface area contributed by atoms with Crippen LogP contribution in [0.15, 0.2) is 48.5 Å². The van der Waals surface area contributed by atoms with Gasteiger partial charge >= 0.3 is 12.1 Å². The first kappa shape index (κ1) is 29.9. The molecule has 0 aliphatic carbocycles. The van der Waals surface area contributed by atoms with E-state index < -0.39 is 17.8 Å². The van der Waals surface area contributed by atoms with Crippen LogP contribution in [0.4, 0.5) is 24.5 Å². The number of aromatic nitrogens is 2. The van der Waals surface area contributed by atoms with Crippen LogP contribution in [-0.4, -0.2) is 40.7 Å². The highest BCUT2D eigenvalue weighted by Gasteiger charge is 2.35. The Morgan fingerprint density at radius 3 is 2.36 bits per heavy atom. The van der Waals surface area contributed by atoms with E-state index in [1.54, 1.807) is 12.1 Å². The fourth-order valence-electron chi connectivity index (χ4n) is 6.74. The normalized spacial score (nSPS) is 16.7. The second-order valence-electron chi connectivity index (χ2n) is 12.9. The van der Waals surface area contributed by atoms with Crippen molar-refractivity contribution in [1.29, 1.82) is 0 Å². The maximum atomic E-state index is 13.7. The number of aryl methyl sites for hydroxylation is 2. The molecule has 4 heterocycles. The summed E-state index contributed by atoms with van der Waals surface area (Å²) in [5, 5.41) is 10.5. The quantitative estimate of drug-likeness (QED) is 0.252. The van der Waals surface area contributed by atoms with Crippen molar-refractivity contribution in [2.24, 2.45) is 5.41 Å². The molecule has 0 atom stereocenters. The van der Waals surface area contributed by atoms with Gasteiger partial charge in [0.15, 0.2) is 0 Å². The Labute approximate surface area is 255 Å². The van der Waals surface area contributed by atoms with Crippen molar-refractivity contribution >= 4 is 28.2 Å². The van der Waals surface area contributed by atoms with Crippen LogP contribution in [0.25, 0.3) is 22.0 Å². The Morgan fingerprint density at radius 1 is 0.932 bits per heavy atom. The Hall–Kier alpha value is -4.14. The van der Waals surface area contributed by atoms with Gasteiger partial charge in [0.2, 0.25) is 0 Å². The molecule has 0 bridgehead atoms. The summed E-state index contributed by atoms with van der Waals surface area (Å²) in [6.07, 6.45) is -1.95. The van der Waals surface area contributed by atoms with Crippen molar-refractivity contribution in [2.75, 3.05) is 29.4 Å². The Kier molecular flexibility index (Phi) is 7.54. The molecule has 0 saturated carbocycles. The van der Waals surface area contributed by atoms with Gasteiger partial charge in [0.1, 0.15) is 5.69 Å². The molecule has 2 aliphatic heterocycles. The second-order valence-corrected chi connectivity index (χ2v) is 12.9. The minimum Gasteiger partial charge on any atom is -0.481 e. The molecule has 0 spiro atoms. The van der Waals surface area contributed by atoms with Gasteiger partial charge in [-0.2, -0.15) is 13.2 Å². The topological polar surface area (TPSA) is 69.6 Å².